The first-order chi connectivity index (χ1) is 13.0. The summed E-state index contributed by atoms with van der Waals surface area (Å²) >= 11 is 13.6. The van der Waals surface area contributed by atoms with Gasteiger partial charge < -0.3 is 14.8 Å². The molecule has 4 rings (SSSR count). The van der Waals surface area contributed by atoms with Crippen LogP contribution >= 0.6 is 34.5 Å². The van der Waals surface area contributed by atoms with Crippen LogP contribution in [-0.4, -0.2) is 22.7 Å². The standard InChI is InChI=1S/C18H13Cl2N3O3S/c1-9-4-12(19)11(17(20)21-9)6-16(24)23-18-22-13(7-27-18)10-2-3-14-15(5-10)26-8-25-14/h2-5,7H,6,8H2,1H3,(H,22,23,24). The number of fused-ring (bicyclic) bond motifs is 1. The third-order valence-corrected chi connectivity index (χ3v) is 5.31. The van der Waals surface area contributed by atoms with Gasteiger partial charge in [0.1, 0.15) is 5.15 Å². The van der Waals surface area contributed by atoms with Gasteiger partial charge in [0.25, 0.3) is 0 Å². The van der Waals surface area contributed by atoms with E-state index in [0.717, 1.165) is 11.3 Å². The van der Waals surface area contributed by atoms with Crippen molar-refractivity contribution in [2.75, 3.05) is 12.1 Å². The monoisotopic (exact) mass is 421 g/mol. The number of amides is 1. The minimum atomic E-state index is -0.268. The highest BCUT2D eigenvalue weighted by atomic mass is 35.5. The fraction of sp³-hybridized carbons (Fsp3) is 0.167. The van der Waals surface area contributed by atoms with Crippen molar-refractivity contribution in [2.45, 2.75) is 13.3 Å². The van der Waals surface area contributed by atoms with E-state index in [1.54, 1.807) is 13.0 Å². The van der Waals surface area contributed by atoms with Crippen LogP contribution in [0, 0.1) is 6.92 Å². The number of pyridine rings is 1. The van der Waals surface area contributed by atoms with Gasteiger partial charge in [-0.3, -0.25) is 4.79 Å². The number of carbonyl (C=O) groups is 1. The number of thiazole rings is 1. The molecule has 0 aliphatic carbocycles. The molecule has 0 bridgehead atoms. The molecule has 3 heterocycles. The van der Waals surface area contributed by atoms with E-state index in [-0.39, 0.29) is 24.3 Å². The molecule has 0 spiro atoms. The molecule has 6 nitrogen and oxygen atoms in total. The Balaban J connectivity index is 1.47. The van der Waals surface area contributed by atoms with Crippen molar-refractivity contribution < 1.29 is 14.3 Å². The molecular formula is C18H13Cl2N3O3S. The maximum absolute atomic E-state index is 12.3. The van der Waals surface area contributed by atoms with Crippen LogP contribution < -0.4 is 14.8 Å². The smallest absolute Gasteiger partial charge is 0.231 e. The zero-order valence-corrected chi connectivity index (χ0v) is 16.4. The maximum atomic E-state index is 12.3. The summed E-state index contributed by atoms with van der Waals surface area (Å²) in [6.07, 6.45) is 0.0177. The van der Waals surface area contributed by atoms with Crippen LogP contribution in [0.25, 0.3) is 11.3 Å². The first-order valence-corrected chi connectivity index (χ1v) is 9.60. The molecule has 0 unspecified atom stereocenters. The molecule has 1 aliphatic rings. The largest absolute Gasteiger partial charge is 0.454 e. The highest BCUT2D eigenvalue weighted by Gasteiger charge is 2.17. The van der Waals surface area contributed by atoms with Gasteiger partial charge in [-0.15, -0.1) is 11.3 Å². The molecule has 1 aliphatic heterocycles. The Morgan fingerprint density at radius 3 is 2.85 bits per heavy atom. The Kier molecular flexibility index (Phi) is 4.90. The lowest BCUT2D eigenvalue weighted by atomic mass is 10.1. The summed E-state index contributed by atoms with van der Waals surface area (Å²) in [7, 11) is 0. The SMILES string of the molecule is Cc1cc(Cl)c(CC(=O)Nc2nc(-c3ccc4c(c3)OCO4)cs2)c(Cl)n1. The highest BCUT2D eigenvalue weighted by molar-refractivity contribution is 7.14. The number of nitrogens with zero attached hydrogens (tertiary/aromatic N) is 2. The van der Waals surface area contributed by atoms with Gasteiger partial charge >= 0.3 is 0 Å². The van der Waals surface area contributed by atoms with Crippen molar-refractivity contribution in [3.8, 4) is 22.8 Å². The normalized spacial score (nSPS) is 12.3. The van der Waals surface area contributed by atoms with Gasteiger partial charge in [0.15, 0.2) is 16.6 Å². The summed E-state index contributed by atoms with van der Waals surface area (Å²) in [5.41, 5.74) is 2.81. The average Bonchev–Trinajstić information content (AvgIpc) is 3.26. The summed E-state index contributed by atoms with van der Waals surface area (Å²) in [4.78, 5) is 20.9. The lowest BCUT2D eigenvalue weighted by molar-refractivity contribution is -0.115. The van der Waals surface area contributed by atoms with Crippen molar-refractivity contribution >= 4 is 45.6 Å². The number of aromatic nitrogens is 2. The minimum Gasteiger partial charge on any atom is -0.454 e. The fourth-order valence-electron chi connectivity index (χ4n) is 2.62. The first kappa shape index (κ1) is 18.0. The van der Waals surface area contributed by atoms with E-state index in [1.165, 1.54) is 11.3 Å². The zero-order chi connectivity index (χ0) is 19.0. The number of carbonyl (C=O) groups excluding carboxylic acids is 1. The van der Waals surface area contributed by atoms with E-state index in [0.29, 0.717) is 32.9 Å². The van der Waals surface area contributed by atoms with Crippen molar-refractivity contribution in [1.82, 2.24) is 9.97 Å². The van der Waals surface area contributed by atoms with Gasteiger partial charge in [-0.25, -0.2) is 9.97 Å². The number of hydrogen-bond donors (Lipinski definition) is 1. The minimum absolute atomic E-state index is 0.0177. The van der Waals surface area contributed by atoms with E-state index in [9.17, 15) is 4.79 Å². The summed E-state index contributed by atoms with van der Waals surface area (Å²) in [6, 6.07) is 7.27. The Morgan fingerprint density at radius 2 is 2.04 bits per heavy atom. The molecular weight excluding hydrogens is 409 g/mol. The molecule has 1 aromatic carbocycles. The number of aryl methyl sites for hydroxylation is 1. The second kappa shape index (κ2) is 7.34. The molecule has 0 fully saturated rings. The van der Waals surface area contributed by atoms with Crippen LogP contribution in [0.15, 0.2) is 29.6 Å². The Morgan fingerprint density at radius 1 is 1.22 bits per heavy atom. The van der Waals surface area contributed by atoms with Gasteiger partial charge in [0.2, 0.25) is 12.7 Å². The van der Waals surface area contributed by atoms with Crippen LogP contribution in [0.3, 0.4) is 0 Å². The van der Waals surface area contributed by atoms with Crippen LogP contribution in [0.1, 0.15) is 11.3 Å². The Bertz CT molecular complexity index is 1020. The second-order valence-electron chi connectivity index (χ2n) is 5.85. The number of benzene rings is 1. The van der Waals surface area contributed by atoms with E-state index in [4.69, 9.17) is 32.7 Å². The summed E-state index contributed by atoms with van der Waals surface area (Å²) in [5, 5.41) is 5.77. The van der Waals surface area contributed by atoms with E-state index < -0.39 is 0 Å². The quantitative estimate of drug-likeness (QED) is 0.616. The predicted octanol–water partition coefficient (Wildman–Crippen LogP) is 4.73. The number of ether oxygens (including phenoxy) is 2. The van der Waals surface area contributed by atoms with Gasteiger partial charge in [0, 0.05) is 27.2 Å². The zero-order valence-electron chi connectivity index (χ0n) is 14.1. The number of nitrogens with one attached hydrogen (secondary N) is 1. The van der Waals surface area contributed by atoms with Crippen molar-refractivity contribution in [2.24, 2.45) is 0 Å². The second-order valence-corrected chi connectivity index (χ2v) is 7.47. The van der Waals surface area contributed by atoms with Gasteiger partial charge in [0.05, 0.1) is 12.1 Å². The molecule has 1 N–H and O–H groups in total. The highest BCUT2D eigenvalue weighted by Crippen LogP contribution is 2.36. The molecule has 0 atom stereocenters. The molecule has 9 heteroatoms. The number of hydrogen-bond acceptors (Lipinski definition) is 6. The van der Waals surface area contributed by atoms with Crippen LogP contribution in [0.5, 0.6) is 11.5 Å². The van der Waals surface area contributed by atoms with Crippen molar-refractivity contribution in [3.63, 3.8) is 0 Å². The molecule has 0 radical (unpaired) electrons. The maximum Gasteiger partial charge on any atom is 0.231 e. The average molecular weight is 422 g/mol. The molecule has 0 saturated heterocycles. The Hall–Kier alpha value is -2.35. The molecule has 3 aromatic rings. The van der Waals surface area contributed by atoms with Crippen LogP contribution in [0.4, 0.5) is 5.13 Å². The molecule has 2 aromatic heterocycles. The van der Waals surface area contributed by atoms with E-state index in [2.05, 4.69) is 15.3 Å². The number of rotatable bonds is 4. The van der Waals surface area contributed by atoms with Gasteiger partial charge in [-0.2, -0.15) is 0 Å². The lowest BCUT2D eigenvalue weighted by Gasteiger charge is -2.07. The fourth-order valence-corrected chi connectivity index (χ4v) is 4.03. The predicted molar refractivity (Wildman–Crippen MR) is 105 cm³/mol. The van der Waals surface area contributed by atoms with Crippen molar-refractivity contribution in [1.29, 1.82) is 0 Å². The third kappa shape index (κ3) is 3.85. The van der Waals surface area contributed by atoms with Crippen molar-refractivity contribution in [3.05, 3.63) is 51.1 Å². The number of anilines is 1. The Labute approximate surface area is 169 Å². The molecule has 0 saturated carbocycles. The van der Waals surface area contributed by atoms with E-state index in [1.807, 2.05) is 23.6 Å². The molecule has 1 amide bonds. The van der Waals surface area contributed by atoms with Gasteiger partial charge in [-0.1, -0.05) is 23.2 Å². The third-order valence-electron chi connectivity index (χ3n) is 3.90. The first-order valence-electron chi connectivity index (χ1n) is 7.96. The molecule has 27 heavy (non-hydrogen) atoms. The summed E-state index contributed by atoms with van der Waals surface area (Å²) in [5.74, 6) is 1.13. The summed E-state index contributed by atoms with van der Waals surface area (Å²) < 4.78 is 10.7. The van der Waals surface area contributed by atoms with Crippen LogP contribution in [0.2, 0.25) is 10.2 Å². The molecule has 138 valence electrons. The van der Waals surface area contributed by atoms with Gasteiger partial charge in [-0.05, 0) is 31.2 Å². The topological polar surface area (TPSA) is 73.3 Å². The number of halogens is 2. The summed E-state index contributed by atoms with van der Waals surface area (Å²) in [6.45, 7) is 2.00. The van der Waals surface area contributed by atoms with E-state index >= 15 is 0 Å². The van der Waals surface area contributed by atoms with Crippen LogP contribution in [-0.2, 0) is 11.2 Å². The lowest BCUT2D eigenvalue weighted by Crippen LogP contribution is -2.15.